The van der Waals surface area contributed by atoms with Crippen LogP contribution in [0.5, 0.6) is 0 Å². The number of hydrogen-bond donors (Lipinski definition) is 3. The molecule has 1 saturated carbocycles. The normalized spacial score (nSPS) is 14.4. The van der Waals surface area contributed by atoms with Gasteiger partial charge in [-0.3, -0.25) is 9.59 Å². The molecule has 2 aromatic rings. The topological polar surface area (TPSA) is 70.2 Å². The second-order valence-corrected chi connectivity index (χ2v) is 7.73. The van der Waals surface area contributed by atoms with E-state index in [-0.39, 0.29) is 24.4 Å². The van der Waals surface area contributed by atoms with Crippen molar-refractivity contribution in [3.8, 4) is 0 Å². The van der Waals surface area contributed by atoms with Crippen molar-refractivity contribution in [3.63, 3.8) is 0 Å². The summed E-state index contributed by atoms with van der Waals surface area (Å²) in [6.07, 6.45) is 5.72. The lowest BCUT2D eigenvalue weighted by Crippen LogP contribution is -2.36. The minimum atomic E-state index is -0.211. The maximum absolute atomic E-state index is 12.3. The van der Waals surface area contributed by atoms with Crippen LogP contribution in [-0.2, 0) is 4.79 Å². The minimum Gasteiger partial charge on any atom is -0.376 e. The molecule has 0 unspecified atom stereocenters. The summed E-state index contributed by atoms with van der Waals surface area (Å²) in [5.74, 6) is -0.256. The second-order valence-electron chi connectivity index (χ2n) is 6.92. The molecule has 3 rings (SSSR count). The number of carbonyl (C=O) groups is 2. The highest BCUT2D eigenvalue weighted by Crippen LogP contribution is 2.25. The van der Waals surface area contributed by atoms with Gasteiger partial charge in [-0.2, -0.15) is 0 Å². The van der Waals surface area contributed by atoms with Gasteiger partial charge in [-0.05, 0) is 55.3 Å². The second kappa shape index (κ2) is 9.80. The highest BCUT2D eigenvalue weighted by atomic mass is 35.5. The summed E-state index contributed by atoms with van der Waals surface area (Å²) in [7, 11) is 0. The zero-order valence-corrected chi connectivity index (χ0v) is 16.9. The number of amides is 2. The predicted octanol–water partition coefficient (Wildman–Crippen LogP) is 5.11. The molecule has 28 heavy (non-hydrogen) atoms. The number of hydrogen-bond acceptors (Lipinski definition) is 3. The van der Waals surface area contributed by atoms with Crippen LogP contribution in [0.1, 0.15) is 42.5 Å². The number of anilines is 2. The lowest BCUT2D eigenvalue weighted by atomic mass is 9.95. The van der Waals surface area contributed by atoms with E-state index in [0.717, 1.165) is 18.5 Å². The van der Waals surface area contributed by atoms with Gasteiger partial charge in [0.2, 0.25) is 5.91 Å². The van der Waals surface area contributed by atoms with Crippen LogP contribution in [0.2, 0.25) is 10.0 Å². The molecule has 7 heteroatoms. The Morgan fingerprint density at radius 2 is 1.57 bits per heavy atom. The fourth-order valence-electron chi connectivity index (χ4n) is 3.22. The first-order chi connectivity index (χ1) is 13.5. The molecule has 148 valence electrons. The van der Waals surface area contributed by atoms with E-state index in [9.17, 15) is 9.59 Å². The van der Waals surface area contributed by atoms with E-state index in [2.05, 4.69) is 16.0 Å². The maximum atomic E-state index is 12.3. The maximum Gasteiger partial charge on any atom is 0.251 e. The SMILES string of the molecule is O=C(CNc1ccc(C(=O)NC2CCCCC2)cc1)Nc1ccc(Cl)c(Cl)c1. The average Bonchev–Trinajstić information content (AvgIpc) is 2.70. The number of rotatable bonds is 6. The Labute approximate surface area is 174 Å². The standard InChI is InChI=1S/C21H23Cl2N3O2/c22-18-11-10-17(12-19(18)23)25-20(27)13-24-15-8-6-14(7-9-15)21(28)26-16-4-2-1-3-5-16/h6-12,16,24H,1-5,13H2,(H,25,27)(H,26,28). The molecule has 0 radical (unpaired) electrons. The van der Waals surface area contributed by atoms with Gasteiger partial charge in [-0.25, -0.2) is 0 Å². The first kappa shape index (κ1) is 20.5. The quantitative estimate of drug-likeness (QED) is 0.609. The molecule has 0 atom stereocenters. The van der Waals surface area contributed by atoms with Crippen LogP contribution in [0, 0.1) is 0 Å². The zero-order chi connectivity index (χ0) is 19.9. The van der Waals surface area contributed by atoms with E-state index in [1.807, 2.05) is 0 Å². The van der Waals surface area contributed by atoms with Crippen LogP contribution >= 0.6 is 23.2 Å². The van der Waals surface area contributed by atoms with Crippen LogP contribution in [0.15, 0.2) is 42.5 Å². The van der Waals surface area contributed by atoms with Crippen molar-refractivity contribution in [2.45, 2.75) is 38.1 Å². The minimum absolute atomic E-state index is 0.0455. The van der Waals surface area contributed by atoms with Crippen LogP contribution in [0.3, 0.4) is 0 Å². The van der Waals surface area contributed by atoms with Crippen LogP contribution in [-0.4, -0.2) is 24.4 Å². The Morgan fingerprint density at radius 3 is 2.25 bits per heavy atom. The van der Waals surface area contributed by atoms with Crippen molar-refractivity contribution < 1.29 is 9.59 Å². The monoisotopic (exact) mass is 419 g/mol. The van der Waals surface area contributed by atoms with Gasteiger partial charge >= 0.3 is 0 Å². The van der Waals surface area contributed by atoms with Crippen LogP contribution in [0.4, 0.5) is 11.4 Å². The summed E-state index contributed by atoms with van der Waals surface area (Å²) >= 11 is 11.8. The first-order valence-corrected chi connectivity index (χ1v) is 10.2. The lowest BCUT2D eigenvalue weighted by Gasteiger charge is -2.22. The number of nitrogens with one attached hydrogen (secondary N) is 3. The van der Waals surface area contributed by atoms with Crippen molar-refractivity contribution in [2.75, 3.05) is 17.2 Å². The number of halogens is 2. The van der Waals surface area contributed by atoms with Gasteiger partial charge in [0, 0.05) is 23.0 Å². The van der Waals surface area contributed by atoms with Gasteiger partial charge in [0.25, 0.3) is 5.91 Å². The fourth-order valence-corrected chi connectivity index (χ4v) is 3.51. The van der Waals surface area contributed by atoms with Crippen molar-refractivity contribution in [2.24, 2.45) is 0 Å². The summed E-state index contributed by atoms with van der Waals surface area (Å²) in [5.41, 5.74) is 1.96. The van der Waals surface area contributed by atoms with Gasteiger partial charge in [0.1, 0.15) is 0 Å². The molecule has 5 nitrogen and oxygen atoms in total. The molecular formula is C21H23Cl2N3O2. The van der Waals surface area contributed by atoms with Crippen LogP contribution in [0.25, 0.3) is 0 Å². The Balaban J connectivity index is 1.47. The fraction of sp³-hybridized carbons (Fsp3) is 0.333. The Bertz CT molecular complexity index is 834. The molecule has 0 aliphatic heterocycles. The van der Waals surface area contributed by atoms with Gasteiger partial charge < -0.3 is 16.0 Å². The van der Waals surface area contributed by atoms with Crippen LogP contribution < -0.4 is 16.0 Å². The highest BCUT2D eigenvalue weighted by molar-refractivity contribution is 6.42. The third-order valence-electron chi connectivity index (χ3n) is 4.74. The molecule has 0 heterocycles. The number of benzene rings is 2. The molecule has 2 amide bonds. The molecule has 1 aliphatic carbocycles. The van der Waals surface area contributed by atoms with E-state index in [0.29, 0.717) is 21.3 Å². The molecule has 1 aliphatic rings. The third-order valence-corrected chi connectivity index (χ3v) is 5.48. The third kappa shape index (κ3) is 5.88. The molecule has 0 saturated heterocycles. The van der Waals surface area contributed by atoms with E-state index < -0.39 is 0 Å². The van der Waals surface area contributed by atoms with Crippen molar-refractivity contribution in [1.82, 2.24) is 5.32 Å². The summed E-state index contributed by atoms with van der Waals surface area (Å²) in [4.78, 5) is 24.4. The van der Waals surface area contributed by atoms with Crippen molar-refractivity contribution >= 4 is 46.4 Å². The Hall–Kier alpha value is -2.24. The van der Waals surface area contributed by atoms with Crippen molar-refractivity contribution in [3.05, 3.63) is 58.1 Å². The van der Waals surface area contributed by atoms with E-state index >= 15 is 0 Å². The predicted molar refractivity (Wildman–Crippen MR) is 114 cm³/mol. The largest absolute Gasteiger partial charge is 0.376 e. The summed E-state index contributed by atoms with van der Waals surface area (Å²) < 4.78 is 0. The van der Waals surface area contributed by atoms with Gasteiger partial charge in [0.05, 0.1) is 16.6 Å². The van der Waals surface area contributed by atoms with E-state index in [1.54, 1.807) is 42.5 Å². The number of carbonyl (C=O) groups excluding carboxylic acids is 2. The molecule has 0 bridgehead atoms. The average molecular weight is 420 g/mol. The molecule has 0 spiro atoms. The molecule has 2 aromatic carbocycles. The van der Waals surface area contributed by atoms with Crippen molar-refractivity contribution in [1.29, 1.82) is 0 Å². The lowest BCUT2D eigenvalue weighted by molar-refractivity contribution is -0.114. The van der Waals surface area contributed by atoms with E-state index in [4.69, 9.17) is 23.2 Å². The smallest absolute Gasteiger partial charge is 0.251 e. The van der Waals surface area contributed by atoms with Gasteiger partial charge in [-0.15, -0.1) is 0 Å². The van der Waals surface area contributed by atoms with Gasteiger partial charge in [-0.1, -0.05) is 42.5 Å². The van der Waals surface area contributed by atoms with Gasteiger partial charge in [0.15, 0.2) is 0 Å². The molecule has 0 aromatic heterocycles. The summed E-state index contributed by atoms with van der Waals surface area (Å²) in [6.45, 7) is 0.0911. The Kier molecular flexibility index (Phi) is 7.18. The zero-order valence-electron chi connectivity index (χ0n) is 15.4. The highest BCUT2D eigenvalue weighted by Gasteiger charge is 2.16. The first-order valence-electron chi connectivity index (χ1n) is 9.41. The summed E-state index contributed by atoms with van der Waals surface area (Å²) in [5, 5.41) is 9.70. The summed E-state index contributed by atoms with van der Waals surface area (Å²) in [6, 6.07) is 12.3. The van der Waals surface area contributed by atoms with E-state index in [1.165, 1.54) is 19.3 Å². The molecule has 3 N–H and O–H groups in total. The Morgan fingerprint density at radius 1 is 0.893 bits per heavy atom. The molecular weight excluding hydrogens is 397 g/mol. The molecule has 1 fully saturated rings.